The molecular formula is C21H27NO3. The normalized spacial score (nSPS) is 13.2. The molecular weight excluding hydrogens is 314 g/mol. The van der Waals surface area contributed by atoms with E-state index in [0.29, 0.717) is 5.92 Å². The Kier molecular flexibility index (Phi) is 6.45. The van der Waals surface area contributed by atoms with Gasteiger partial charge in [-0.25, -0.2) is 0 Å². The third kappa shape index (κ3) is 4.75. The zero-order valence-electron chi connectivity index (χ0n) is 15.6. The Balaban J connectivity index is 2.06. The van der Waals surface area contributed by atoms with Gasteiger partial charge in [-0.15, -0.1) is 0 Å². The molecule has 4 heteroatoms. The summed E-state index contributed by atoms with van der Waals surface area (Å²) in [5, 5.41) is 3.00. The van der Waals surface area contributed by atoms with Crippen molar-refractivity contribution in [1.29, 1.82) is 0 Å². The van der Waals surface area contributed by atoms with Crippen molar-refractivity contribution in [2.75, 3.05) is 7.11 Å². The highest BCUT2D eigenvalue weighted by Crippen LogP contribution is 2.27. The van der Waals surface area contributed by atoms with E-state index in [1.165, 1.54) is 0 Å². The van der Waals surface area contributed by atoms with E-state index in [9.17, 15) is 4.79 Å². The van der Waals surface area contributed by atoms with E-state index in [0.717, 1.165) is 22.6 Å². The first-order valence-electron chi connectivity index (χ1n) is 8.63. The van der Waals surface area contributed by atoms with Gasteiger partial charge in [-0.05, 0) is 37.5 Å². The maximum atomic E-state index is 12.5. The van der Waals surface area contributed by atoms with Crippen molar-refractivity contribution < 1.29 is 14.3 Å². The monoisotopic (exact) mass is 341 g/mol. The third-order valence-corrected chi connectivity index (χ3v) is 4.18. The van der Waals surface area contributed by atoms with Crippen LogP contribution < -0.4 is 14.8 Å². The highest BCUT2D eigenvalue weighted by molar-refractivity contribution is 5.81. The van der Waals surface area contributed by atoms with E-state index >= 15 is 0 Å². The highest BCUT2D eigenvalue weighted by atomic mass is 16.5. The first-order chi connectivity index (χ1) is 11.9. The van der Waals surface area contributed by atoms with E-state index in [2.05, 4.69) is 19.2 Å². The van der Waals surface area contributed by atoms with Crippen LogP contribution in [-0.4, -0.2) is 19.1 Å². The van der Waals surface area contributed by atoms with Crippen LogP contribution in [0, 0.1) is 0 Å². The van der Waals surface area contributed by atoms with Crippen LogP contribution in [0.4, 0.5) is 0 Å². The Labute approximate surface area is 150 Å². The summed E-state index contributed by atoms with van der Waals surface area (Å²) in [5.41, 5.74) is 2.04. The number of hydrogen-bond acceptors (Lipinski definition) is 3. The molecule has 2 atom stereocenters. The number of carbonyl (C=O) groups is 1. The first kappa shape index (κ1) is 18.8. The van der Waals surface area contributed by atoms with Crippen LogP contribution in [0.5, 0.6) is 11.5 Å². The van der Waals surface area contributed by atoms with Gasteiger partial charge < -0.3 is 14.8 Å². The van der Waals surface area contributed by atoms with Crippen molar-refractivity contribution in [3.8, 4) is 11.5 Å². The van der Waals surface area contributed by atoms with Crippen LogP contribution in [0.3, 0.4) is 0 Å². The average molecular weight is 341 g/mol. The van der Waals surface area contributed by atoms with Crippen LogP contribution in [0.15, 0.2) is 48.5 Å². The Morgan fingerprint density at radius 2 is 1.44 bits per heavy atom. The van der Waals surface area contributed by atoms with Crippen LogP contribution >= 0.6 is 0 Å². The molecule has 0 aliphatic heterocycles. The lowest BCUT2D eigenvalue weighted by molar-refractivity contribution is -0.127. The molecule has 0 bridgehead atoms. The first-order valence-corrected chi connectivity index (χ1v) is 8.63. The predicted octanol–water partition coefficient (Wildman–Crippen LogP) is 4.46. The van der Waals surface area contributed by atoms with Gasteiger partial charge >= 0.3 is 0 Å². The molecule has 1 N–H and O–H groups in total. The number of nitrogens with one attached hydrogen (secondary N) is 1. The predicted molar refractivity (Wildman–Crippen MR) is 100 cm³/mol. The standard InChI is InChI=1S/C21H27NO3/c1-14(2)17-10-6-9-13-20(17)25-16(4)21(23)22-15(3)18-11-7-8-12-19(18)24-5/h6-16H,1-5H3,(H,22,23)/t15-,16+/m0/s1. The second-order valence-corrected chi connectivity index (χ2v) is 6.42. The van der Waals surface area contributed by atoms with Gasteiger partial charge in [0, 0.05) is 5.56 Å². The van der Waals surface area contributed by atoms with E-state index in [4.69, 9.17) is 9.47 Å². The van der Waals surface area contributed by atoms with Crippen LogP contribution in [0.25, 0.3) is 0 Å². The fraction of sp³-hybridized carbons (Fsp3) is 0.381. The lowest BCUT2D eigenvalue weighted by Gasteiger charge is -2.22. The Bertz CT molecular complexity index is 712. The molecule has 1 amide bonds. The third-order valence-electron chi connectivity index (χ3n) is 4.18. The molecule has 0 aliphatic rings. The molecule has 2 rings (SSSR count). The van der Waals surface area contributed by atoms with Gasteiger partial charge in [0.2, 0.25) is 0 Å². The minimum Gasteiger partial charge on any atom is -0.496 e. The van der Waals surface area contributed by atoms with Gasteiger partial charge in [0.1, 0.15) is 11.5 Å². The zero-order valence-corrected chi connectivity index (χ0v) is 15.6. The minimum atomic E-state index is -0.586. The Morgan fingerprint density at radius 3 is 2.04 bits per heavy atom. The number of hydrogen-bond donors (Lipinski definition) is 1. The van der Waals surface area contributed by atoms with E-state index in [1.54, 1.807) is 14.0 Å². The fourth-order valence-electron chi connectivity index (χ4n) is 2.74. The second kappa shape index (κ2) is 8.56. The van der Waals surface area contributed by atoms with E-state index in [1.807, 2.05) is 55.5 Å². The van der Waals surface area contributed by atoms with E-state index in [-0.39, 0.29) is 11.9 Å². The maximum Gasteiger partial charge on any atom is 0.261 e. The molecule has 0 saturated heterocycles. The SMILES string of the molecule is COc1ccccc1[C@H](C)NC(=O)[C@@H](C)Oc1ccccc1C(C)C. The second-order valence-electron chi connectivity index (χ2n) is 6.42. The highest BCUT2D eigenvalue weighted by Gasteiger charge is 2.20. The summed E-state index contributed by atoms with van der Waals surface area (Å²) in [6.45, 7) is 7.92. The van der Waals surface area contributed by atoms with Gasteiger partial charge in [0.05, 0.1) is 13.2 Å². The molecule has 4 nitrogen and oxygen atoms in total. The molecule has 0 radical (unpaired) electrons. The van der Waals surface area contributed by atoms with Crippen LogP contribution in [0.2, 0.25) is 0 Å². The van der Waals surface area contributed by atoms with Gasteiger partial charge in [0.25, 0.3) is 5.91 Å². The average Bonchev–Trinajstić information content (AvgIpc) is 2.61. The molecule has 0 fully saturated rings. The molecule has 134 valence electrons. The summed E-state index contributed by atoms with van der Waals surface area (Å²) in [6, 6.07) is 15.3. The fourth-order valence-corrected chi connectivity index (χ4v) is 2.74. The minimum absolute atomic E-state index is 0.156. The van der Waals surface area contributed by atoms with Crippen LogP contribution in [0.1, 0.15) is 50.8 Å². The van der Waals surface area contributed by atoms with Crippen molar-refractivity contribution in [3.63, 3.8) is 0 Å². The summed E-state index contributed by atoms with van der Waals surface area (Å²) >= 11 is 0. The molecule has 2 aromatic rings. The summed E-state index contributed by atoms with van der Waals surface area (Å²) in [4.78, 5) is 12.5. The number of ether oxygens (including phenoxy) is 2. The van der Waals surface area contributed by atoms with Crippen molar-refractivity contribution >= 4 is 5.91 Å². The lowest BCUT2D eigenvalue weighted by Crippen LogP contribution is -2.38. The smallest absolute Gasteiger partial charge is 0.261 e. The van der Waals surface area contributed by atoms with Gasteiger partial charge in [-0.2, -0.15) is 0 Å². The van der Waals surface area contributed by atoms with E-state index < -0.39 is 6.10 Å². The van der Waals surface area contributed by atoms with Crippen molar-refractivity contribution in [3.05, 3.63) is 59.7 Å². The molecule has 0 aromatic heterocycles. The number of methoxy groups -OCH3 is 1. The van der Waals surface area contributed by atoms with Gasteiger partial charge in [-0.3, -0.25) is 4.79 Å². The number of rotatable bonds is 7. The number of benzene rings is 2. The van der Waals surface area contributed by atoms with Gasteiger partial charge in [-0.1, -0.05) is 50.2 Å². The molecule has 0 heterocycles. The van der Waals surface area contributed by atoms with Crippen molar-refractivity contribution in [2.45, 2.75) is 45.8 Å². The van der Waals surface area contributed by atoms with Crippen LogP contribution in [-0.2, 0) is 4.79 Å². The summed E-state index contributed by atoms with van der Waals surface area (Å²) in [6.07, 6.45) is -0.586. The molecule has 2 aromatic carbocycles. The Morgan fingerprint density at radius 1 is 0.880 bits per heavy atom. The van der Waals surface area contributed by atoms with Crippen molar-refractivity contribution in [2.24, 2.45) is 0 Å². The molecule has 0 aliphatic carbocycles. The Hall–Kier alpha value is -2.49. The quantitative estimate of drug-likeness (QED) is 0.808. The van der Waals surface area contributed by atoms with Gasteiger partial charge in [0.15, 0.2) is 6.10 Å². The lowest BCUT2D eigenvalue weighted by atomic mass is 10.0. The molecule has 0 saturated carbocycles. The topological polar surface area (TPSA) is 47.6 Å². The molecule has 25 heavy (non-hydrogen) atoms. The largest absolute Gasteiger partial charge is 0.496 e. The molecule has 0 spiro atoms. The number of carbonyl (C=O) groups excluding carboxylic acids is 1. The summed E-state index contributed by atoms with van der Waals surface area (Å²) in [5.74, 6) is 1.69. The summed E-state index contributed by atoms with van der Waals surface area (Å²) in [7, 11) is 1.63. The van der Waals surface area contributed by atoms with Crippen molar-refractivity contribution in [1.82, 2.24) is 5.32 Å². The maximum absolute atomic E-state index is 12.5. The summed E-state index contributed by atoms with van der Waals surface area (Å²) < 4.78 is 11.3. The zero-order chi connectivity index (χ0) is 18.4. The molecule has 0 unspecified atom stereocenters. The number of amides is 1. The number of para-hydroxylation sites is 2.